The number of hydrogen-bond donors (Lipinski definition) is 2. The maximum atomic E-state index is 4.37. The van der Waals surface area contributed by atoms with Crippen molar-refractivity contribution in [1.82, 2.24) is 5.32 Å². The van der Waals surface area contributed by atoms with Crippen LogP contribution in [0.5, 0.6) is 0 Å². The molecule has 0 saturated heterocycles. The molecule has 0 saturated carbocycles. The summed E-state index contributed by atoms with van der Waals surface area (Å²) in [5.74, 6) is 1.87. The monoisotopic (exact) mass is 203 g/mol. The zero-order valence-corrected chi connectivity index (χ0v) is 10.1. The summed E-state index contributed by atoms with van der Waals surface area (Å²) in [4.78, 5) is 0. The first kappa shape index (κ1) is 13.3. The van der Waals surface area contributed by atoms with Gasteiger partial charge in [0.2, 0.25) is 0 Å². The molecule has 0 aromatic rings. The molecular weight excluding hydrogens is 178 g/mol. The minimum absolute atomic E-state index is 0.822. The summed E-state index contributed by atoms with van der Waals surface area (Å²) in [5.41, 5.74) is 0. The van der Waals surface area contributed by atoms with E-state index in [-0.39, 0.29) is 0 Å². The van der Waals surface area contributed by atoms with Crippen molar-refractivity contribution in [3.63, 3.8) is 0 Å². The van der Waals surface area contributed by atoms with Crippen LogP contribution in [0.1, 0.15) is 46.0 Å². The summed E-state index contributed by atoms with van der Waals surface area (Å²) in [6, 6.07) is 0. The van der Waals surface area contributed by atoms with Gasteiger partial charge >= 0.3 is 0 Å². The molecule has 0 rings (SSSR count). The third kappa shape index (κ3) is 8.63. The number of hydrogen-bond acceptors (Lipinski definition) is 2. The molecule has 0 radical (unpaired) electrons. The van der Waals surface area contributed by atoms with Crippen LogP contribution in [0.3, 0.4) is 0 Å². The summed E-state index contributed by atoms with van der Waals surface area (Å²) < 4.78 is 0. The molecule has 0 aliphatic heterocycles. The number of thiol groups is 1. The number of nitrogens with one attached hydrogen (secondary N) is 1. The van der Waals surface area contributed by atoms with Crippen molar-refractivity contribution in [1.29, 1.82) is 0 Å². The molecule has 1 unspecified atom stereocenters. The van der Waals surface area contributed by atoms with Crippen LogP contribution in [0.25, 0.3) is 0 Å². The van der Waals surface area contributed by atoms with E-state index < -0.39 is 0 Å². The molecule has 0 amide bonds. The van der Waals surface area contributed by atoms with Crippen LogP contribution < -0.4 is 5.32 Å². The van der Waals surface area contributed by atoms with E-state index in [0.29, 0.717) is 0 Å². The lowest BCUT2D eigenvalue weighted by atomic mass is 10.0. The molecule has 1 nitrogen and oxygen atoms in total. The van der Waals surface area contributed by atoms with Gasteiger partial charge in [0.25, 0.3) is 0 Å². The summed E-state index contributed by atoms with van der Waals surface area (Å²) >= 11 is 4.37. The molecule has 0 aliphatic rings. The van der Waals surface area contributed by atoms with Crippen molar-refractivity contribution in [2.24, 2.45) is 5.92 Å². The fraction of sp³-hybridized carbons (Fsp3) is 1.00. The van der Waals surface area contributed by atoms with Crippen molar-refractivity contribution in [3.8, 4) is 0 Å². The molecule has 80 valence electrons. The topological polar surface area (TPSA) is 12.0 Å². The van der Waals surface area contributed by atoms with Crippen LogP contribution in [0.4, 0.5) is 0 Å². The van der Waals surface area contributed by atoms with Gasteiger partial charge in [-0.2, -0.15) is 12.6 Å². The Balaban J connectivity index is 3.17. The molecule has 1 N–H and O–H groups in total. The highest BCUT2D eigenvalue weighted by atomic mass is 32.1. The van der Waals surface area contributed by atoms with Crippen LogP contribution in [0.2, 0.25) is 0 Å². The second-order valence-electron chi connectivity index (χ2n) is 3.73. The second-order valence-corrected chi connectivity index (χ2v) is 4.09. The first-order valence-corrected chi connectivity index (χ1v) is 6.29. The van der Waals surface area contributed by atoms with Crippen molar-refractivity contribution >= 4 is 12.6 Å². The lowest BCUT2D eigenvalue weighted by Crippen LogP contribution is -2.19. The Morgan fingerprint density at radius 1 is 1.08 bits per heavy atom. The van der Waals surface area contributed by atoms with Gasteiger partial charge in [-0.05, 0) is 44.0 Å². The van der Waals surface area contributed by atoms with Crippen molar-refractivity contribution in [2.75, 3.05) is 18.8 Å². The Bertz CT molecular complexity index is 96.1. The SMILES string of the molecule is CCCCNCCC(CS)CCC. The third-order valence-corrected chi connectivity index (χ3v) is 2.91. The smallest absolute Gasteiger partial charge is 0.00460 e. The van der Waals surface area contributed by atoms with E-state index in [0.717, 1.165) is 11.7 Å². The van der Waals surface area contributed by atoms with Gasteiger partial charge in [-0.15, -0.1) is 0 Å². The van der Waals surface area contributed by atoms with Crippen LogP contribution in [0.15, 0.2) is 0 Å². The molecule has 0 fully saturated rings. The molecule has 2 heteroatoms. The van der Waals surface area contributed by atoms with Gasteiger partial charge in [0, 0.05) is 0 Å². The Hall–Kier alpha value is 0.310. The fourth-order valence-electron chi connectivity index (χ4n) is 1.47. The maximum Gasteiger partial charge on any atom is -0.00460 e. The maximum absolute atomic E-state index is 4.37. The van der Waals surface area contributed by atoms with Gasteiger partial charge in [0.05, 0.1) is 0 Å². The van der Waals surface area contributed by atoms with E-state index in [1.807, 2.05) is 0 Å². The predicted molar refractivity (Wildman–Crippen MR) is 64.6 cm³/mol. The molecule has 0 bridgehead atoms. The molecule has 1 atom stereocenters. The first-order valence-electron chi connectivity index (χ1n) is 5.66. The van der Waals surface area contributed by atoms with Crippen molar-refractivity contribution in [3.05, 3.63) is 0 Å². The highest BCUT2D eigenvalue weighted by Crippen LogP contribution is 2.11. The minimum atomic E-state index is 0.822. The van der Waals surface area contributed by atoms with E-state index in [9.17, 15) is 0 Å². The normalized spacial score (nSPS) is 13.2. The van der Waals surface area contributed by atoms with Crippen molar-refractivity contribution in [2.45, 2.75) is 46.0 Å². The van der Waals surface area contributed by atoms with E-state index in [1.165, 1.54) is 45.2 Å². The van der Waals surface area contributed by atoms with E-state index in [2.05, 4.69) is 31.8 Å². The fourth-order valence-corrected chi connectivity index (χ4v) is 1.83. The first-order chi connectivity index (χ1) is 6.35. The standard InChI is InChI=1S/C11H25NS/c1-3-5-8-12-9-7-11(10-13)6-4-2/h11-13H,3-10H2,1-2H3. The molecule has 0 heterocycles. The minimum Gasteiger partial charge on any atom is -0.317 e. The molecule has 13 heavy (non-hydrogen) atoms. The summed E-state index contributed by atoms with van der Waals surface area (Å²) in [6.45, 7) is 6.84. The number of rotatable bonds is 9. The Labute approximate surface area is 89.1 Å². The Morgan fingerprint density at radius 3 is 2.38 bits per heavy atom. The summed E-state index contributed by atoms with van der Waals surface area (Å²) in [7, 11) is 0. The van der Waals surface area contributed by atoms with Crippen LogP contribution in [-0.4, -0.2) is 18.8 Å². The molecule has 0 aromatic heterocycles. The highest BCUT2D eigenvalue weighted by molar-refractivity contribution is 7.80. The van der Waals surface area contributed by atoms with Crippen LogP contribution in [-0.2, 0) is 0 Å². The van der Waals surface area contributed by atoms with Crippen LogP contribution in [0, 0.1) is 5.92 Å². The zero-order chi connectivity index (χ0) is 9.94. The van der Waals surface area contributed by atoms with Crippen molar-refractivity contribution < 1.29 is 0 Å². The van der Waals surface area contributed by atoms with E-state index >= 15 is 0 Å². The van der Waals surface area contributed by atoms with E-state index in [1.54, 1.807) is 0 Å². The molecule has 0 spiro atoms. The Morgan fingerprint density at radius 2 is 1.85 bits per heavy atom. The number of unbranched alkanes of at least 4 members (excludes halogenated alkanes) is 1. The van der Waals surface area contributed by atoms with Gasteiger partial charge in [-0.25, -0.2) is 0 Å². The van der Waals surface area contributed by atoms with Gasteiger partial charge in [-0.3, -0.25) is 0 Å². The summed E-state index contributed by atoms with van der Waals surface area (Å²) in [5, 5.41) is 3.48. The lowest BCUT2D eigenvalue weighted by molar-refractivity contribution is 0.470. The average molecular weight is 203 g/mol. The quantitative estimate of drug-likeness (QED) is 0.433. The second kappa shape index (κ2) is 10.4. The highest BCUT2D eigenvalue weighted by Gasteiger charge is 2.03. The van der Waals surface area contributed by atoms with Gasteiger partial charge in [-0.1, -0.05) is 26.7 Å². The average Bonchev–Trinajstić information content (AvgIpc) is 2.16. The molecular formula is C11H25NS. The summed E-state index contributed by atoms with van der Waals surface area (Å²) in [6.07, 6.45) is 6.51. The van der Waals surface area contributed by atoms with Crippen LogP contribution >= 0.6 is 12.6 Å². The van der Waals surface area contributed by atoms with Gasteiger partial charge < -0.3 is 5.32 Å². The van der Waals surface area contributed by atoms with Gasteiger partial charge in [0.1, 0.15) is 0 Å². The van der Waals surface area contributed by atoms with Gasteiger partial charge in [0.15, 0.2) is 0 Å². The lowest BCUT2D eigenvalue weighted by Gasteiger charge is -2.13. The third-order valence-electron chi connectivity index (χ3n) is 2.39. The van der Waals surface area contributed by atoms with E-state index in [4.69, 9.17) is 0 Å². The zero-order valence-electron chi connectivity index (χ0n) is 9.18. The molecule has 0 aromatic carbocycles. The Kier molecular flexibility index (Phi) is 10.6. The molecule has 0 aliphatic carbocycles. The predicted octanol–water partition coefficient (Wildman–Crippen LogP) is 3.11. The largest absolute Gasteiger partial charge is 0.317 e.